The minimum atomic E-state index is -0.212. The number of aryl methyl sites for hydroxylation is 2. The average Bonchev–Trinajstić information content (AvgIpc) is 3.03. The summed E-state index contributed by atoms with van der Waals surface area (Å²) in [5.74, 6) is 0.495. The summed E-state index contributed by atoms with van der Waals surface area (Å²) in [6.45, 7) is 4.59. The van der Waals surface area contributed by atoms with Crippen LogP contribution in [-0.2, 0) is 9.59 Å². The lowest BCUT2D eigenvalue weighted by Crippen LogP contribution is -2.24. The predicted molar refractivity (Wildman–Crippen MR) is 98.1 cm³/mol. The largest absolute Gasteiger partial charge is 0.484 e. The molecule has 25 heavy (non-hydrogen) atoms. The molecule has 0 unspecified atom stereocenters. The number of hydrogen-bond acceptors (Lipinski definition) is 3. The molecule has 0 spiro atoms. The van der Waals surface area contributed by atoms with E-state index < -0.39 is 0 Å². The van der Waals surface area contributed by atoms with E-state index in [2.05, 4.69) is 5.32 Å². The molecule has 0 radical (unpaired) electrons. The standard InChI is InChI=1S/C20H22N2O3/c1-14-8-9-15(2)18(11-14)21-19(23)13-25-17-6-3-5-16(12-17)22-10-4-7-20(22)24/h3,5-6,8-9,11-12H,4,7,10,13H2,1-2H3,(H,21,23). The van der Waals surface area contributed by atoms with Crippen LogP contribution in [0.3, 0.4) is 0 Å². The first-order chi connectivity index (χ1) is 12.0. The van der Waals surface area contributed by atoms with Gasteiger partial charge in [0.1, 0.15) is 5.75 Å². The number of anilines is 2. The first kappa shape index (κ1) is 17.0. The molecule has 0 aromatic heterocycles. The molecule has 1 fully saturated rings. The third kappa shape index (κ3) is 4.18. The van der Waals surface area contributed by atoms with Crippen molar-refractivity contribution in [3.05, 3.63) is 53.6 Å². The third-order valence-electron chi connectivity index (χ3n) is 4.24. The highest BCUT2D eigenvalue weighted by Gasteiger charge is 2.21. The Morgan fingerprint density at radius 3 is 2.80 bits per heavy atom. The van der Waals surface area contributed by atoms with E-state index >= 15 is 0 Å². The molecular formula is C20H22N2O3. The molecule has 0 bridgehead atoms. The summed E-state index contributed by atoms with van der Waals surface area (Å²) in [7, 11) is 0. The van der Waals surface area contributed by atoms with Gasteiger partial charge in [-0.3, -0.25) is 9.59 Å². The lowest BCUT2D eigenvalue weighted by atomic mass is 10.1. The maximum atomic E-state index is 12.1. The Labute approximate surface area is 147 Å². The van der Waals surface area contributed by atoms with Crippen LogP contribution >= 0.6 is 0 Å². The van der Waals surface area contributed by atoms with Gasteiger partial charge in [0.25, 0.3) is 5.91 Å². The van der Waals surface area contributed by atoms with Crippen LogP contribution < -0.4 is 15.0 Å². The van der Waals surface area contributed by atoms with E-state index in [1.54, 1.807) is 17.0 Å². The van der Waals surface area contributed by atoms with Crippen molar-refractivity contribution < 1.29 is 14.3 Å². The van der Waals surface area contributed by atoms with Crippen molar-refractivity contribution in [2.45, 2.75) is 26.7 Å². The number of carbonyl (C=O) groups excluding carboxylic acids is 2. The van der Waals surface area contributed by atoms with Crippen LogP contribution in [0.25, 0.3) is 0 Å². The van der Waals surface area contributed by atoms with Crippen LogP contribution in [0.1, 0.15) is 24.0 Å². The normalized spacial score (nSPS) is 13.8. The summed E-state index contributed by atoms with van der Waals surface area (Å²) < 4.78 is 5.60. The zero-order valence-corrected chi connectivity index (χ0v) is 14.5. The third-order valence-corrected chi connectivity index (χ3v) is 4.24. The van der Waals surface area contributed by atoms with Gasteiger partial charge in [-0.05, 0) is 49.6 Å². The number of carbonyl (C=O) groups is 2. The molecule has 5 heteroatoms. The molecule has 1 aliphatic rings. The van der Waals surface area contributed by atoms with Crippen LogP contribution in [0.15, 0.2) is 42.5 Å². The average molecular weight is 338 g/mol. The lowest BCUT2D eigenvalue weighted by Gasteiger charge is -2.16. The SMILES string of the molecule is Cc1ccc(C)c(NC(=O)COc2cccc(N3CCCC3=O)c2)c1. The Morgan fingerprint density at radius 2 is 2.04 bits per heavy atom. The van der Waals surface area contributed by atoms with Gasteiger partial charge in [0.2, 0.25) is 5.91 Å². The molecule has 3 rings (SSSR count). The van der Waals surface area contributed by atoms with Crippen molar-refractivity contribution in [1.82, 2.24) is 0 Å². The monoisotopic (exact) mass is 338 g/mol. The van der Waals surface area contributed by atoms with E-state index in [-0.39, 0.29) is 18.4 Å². The van der Waals surface area contributed by atoms with Crippen LogP contribution in [0.2, 0.25) is 0 Å². The quantitative estimate of drug-likeness (QED) is 0.908. The fourth-order valence-electron chi connectivity index (χ4n) is 2.87. The Hall–Kier alpha value is -2.82. The summed E-state index contributed by atoms with van der Waals surface area (Å²) >= 11 is 0. The molecule has 2 aromatic carbocycles. The number of nitrogens with one attached hydrogen (secondary N) is 1. The molecule has 0 saturated carbocycles. The van der Waals surface area contributed by atoms with Crippen molar-refractivity contribution in [3.8, 4) is 5.75 Å². The maximum absolute atomic E-state index is 12.1. The zero-order chi connectivity index (χ0) is 17.8. The van der Waals surface area contributed by atoms with Crippen molar-refractivity contribution in [2.24, 2.45) is 0 Å². The van der Waals surface area contributed by atoms with Crippen LogP contribution in [-0.4, -0.2) is 25.0 Å². The molecule has 130 valence electrons. The van der Waals surface area contributed by atoms with Gasteiger partial charge in [0.15, 0.2) is 6.61 Å². The zero-order valence-electron chi connectivity index (χ0n) is 14.5. The van der Waals surface area contributed by atoms with Gasteiger partial charge in [-0.25, -0.2) is 0 Å². The number of nitrogens with zero attached hydrogens (tertiary/aromatic N) is 1. The highest BCUT2D eigenvalue weighted by molar-refractivity contribution is 5.95. The minimum absolute atomic E-state index is 0.0786. The highest BCUT2D eigenvalue weighted by atomic mass is 16.5. The number of ether oxygens (including phenoxy) is 1. The van der Waals surface area contributed by atoms with Gasteiger partial charge in [0, 0.05) is 30.4 Å². The number of rotatable bonds is 5. The maximum Gasteiger partial charge on any atom is 0.262 e. The number of amides is 2. The topological polar surface area (TPSA) is 58.6 Å². The van der Waals surface area contributed by atoms with E-state index in [0.29, 0.717) is 12.2 Å². The molecule has 1 heterocycles. The fourth-order valence-corrected chi connectivity index (χ4v) is 2.87. The highest BCUT2D eigenvalue weighted by Crippen LogP contribution is 2.25. The summed E-state index contributed by atoms with van der Waals surface area (Å²) in [6.07, 6.45) is 1.46. The van der Waals surface area contributed by atoms with Gasteiger partial charge in [-0.15, -0.1) is 0 Å². The van der Waals surface area contributed by atoms with Gasteiger partial charge in [-0.1, -0.05) is 18.2 Å². The summed E-state index contributed by atoms with van der Waals surface area (Å²) in [6, 6.07) is 13.2. The fraction of sp³-hybridized carbons (Fsp3) is 0.300. The molecule has 0 aliphatic carbocycles. The smallest absolute Gasteiger partial charge is 0.262 e. The second kappa shape index (κ2) is 7.38. The van der Waals surface area contributed by atoms with Crippen molar-refractivity contribution >= 4 is 23.2 Å². The first-order valence-electron chi connectivity index (χ1n) is 8.43. The summed E-state index contributed by atoms with van der Waals surface area (Å²) in [5.41, 5.74) is 3.71. The van der Waals surface area contributed by atoms with Crippen molar-refractivity contribution in [3.63, 3.8) is 0 Å². The lowest BCUT2D eigenvalue weighted by molar-refractivity contribution is -0.118. The van der Waals surface area contributed by atoms with Crippen LogP contribution in [0.4, 0.5) is 11.4 Å². The Morgan fingerprint density at radius 1 is 1.20 bits per heavy atom. The molecule has 2 aromatic rings. The van der Waals surface area contributed by atoms with Gasteiger partial charge in [0.05, 0.1) is 0 Å². The molecule has 2 amide bonds. The van der Waals surface area contributed by atoms with E-state index in [4.69, 9.17) is 4.74 Å². The Kier molecular flexibility index (Phi) is 5.03. The first-order valence-corrected chi connectivity index (χ1v) is 8.43. The van der Waals surface area contributed by atoms with E-state index in [0.717, 1.165) is 35.5 Å². The number of hydrogen-bond donors (Lipinski definition) is 1. The van der Waals surface area contributed by atoms with Crippen LogP contribution in [0.5, 0.6) is 5.75 Å². The molecule has 0 atom stereocenters. The second-order valence-electron chi connectivity index (χ2n) is 6.30. The van der Waals surface area contributed by atoms with Crippen LogP contribution in [0, 0.1) is 13.8 Å². The Bertz CT molecular complexity index is 801. The molecule has 1 aliphatic heterocycles. The van der Waals surface area contributed by atoms with Gasteiger partial charge >= 0.3 is 0 Å². The van der Waals surface area contributed by atoms with Crippen molar-refractivity contribution in [2.75, 3.05) is 23.4 Å². The molecule has 5 nitrogen and oxygen atoms in total. The molecule has 1 N–H and O–H groups in total. The Balaban J connectivity index is 1.60. The second-order valence-corrected chi connectivity index (χ2v) is 6.30. The molecule has 1 saturated heterocycles. The van der Waals surface area contributed by atoms with E-state index in [9.17, 15) is 9.59 Å². The van der Waals surface area contributed by atoms with Gasteiger partial charge in [-0.2, -0.15) is 0 Å². The number of benzene rings is 2. The minimum Gasteiger partial charge on any atom is -0.484 e. The summed E-state index contributed by atoms with van der Waals surface area (Å²) in [5, 5.41) is 2.87. The summed E-state index contributed by atoms with van der Waals surface area (Å²) in [4.78, 5) is 25.7. The van der Waals surface area contributed by atoms with E-state index in [1.807, 2.05) is 44.2 Å². The van der Waals surface area contributed by atoms with E-state index in [1.165, 1.54) is 0 Å². The predicted octanol–water partition coefficient (Wildman–Crippen LogP) is 3.45. The van der Waals surface area contributed by atoms with Crippen molar-refractivity contribution in [1.29, 1.82) is 0 Å². The molecular weight excluding hydrogens is 316 g/mol. The van der Waals surface area contributed by atoms with Gasteiger partial charge < -0.3 is 15.0 Å².